The van der Waals surface area contributed by atoms with Gasteiger partial charge in [-0.05, 0) is 42.9 Å². The van der Waals surface area contributed by atoms with Crippen LogP contribution in [0.4, 0.5) is 5.69 Å². The molecule has 35 heavy (non-hydrogen) atoms. The predicted molar refractivity (Wildman–Crippen MR) is 132 cm³/mol. The molecular weight excluding hydrogens is 442 g/mol. The summed E-state index contributed by atoms with van der Waals surface area (Å²) in [6.45, 7) is 0.451. The number of nitrogens with zero attached hydrogens (tertiary/aromatic N) is 2. The topological polar surface area (TPSA) is 94.2 Å². The number of aromatic nitrogens is 1. The molecule has 6 rings (SSSR count). The summed E-state index contributed by atoms with van der Waals surface area (Å²) in [6, 6.07) is 14.7. The highest BCUT2D eigenvalue weighted by Gasteiger charge is 2.41. The Labute approximate surface area is 202 Å². The van der Waals surface area contributed by atoms with Gasteiger partial charge in [-0.15, -0.1) is 0 Å². The number of allylic oxidation sites excluding steroid dienone is 4. The number of fused-ring (bicyclic) bond motifs is 1. The van der Waals surface area contributed by atoms with Crippen molar-refractivity contribution >= 4 is 28.2 Å². The van der Waals surface area contributed by atoms with Gasteiger partial charge in [-0.2, -0.15) is 0 Å². The number of nitro groups is 1. The van der Waals surface area contributed by atoms with E-state index in [1.165, 1.54) is 6.07 Å². The summed E-state index contributed by atoms with van der Waals surface area (Å²) in [4.78, 5) is 37.3. The van der Waals surface area contributed by atoms with Crippen molar-refractivity contribution in [2.24, 2.45) is 0 Å². The van der Waals surface area contributed by atoms with Gasteiger partial charge in [0.25, 0.3) is 5.69 Å². The number of hydrogen-bond donors (Lipinski definition) is 1. The number of Topliss-reactive ketones (excluding diaryl/α,β-unsaturated/α-hetero) is 2. The first-order valence-electron chi connectivity index (χ1n) is 12.1. The van der Waals surface area contributed by atoms with Crippen LogP contribution in [-0.4, -0.2) is 21.1 Å². The van der Waals surface area contributed by atoms with E-state index in [1.807, 2.05) is 36.5 Å². The number of hydrogen-bond acceptors (Lipinski definition) is 5. The van der Waals surface area contributed by atoms with Crippen molar-refractivity contribution in [3.63, 3.8) is 0 Å². The Morgan fingerprint density at radius 3 is 2.29 bits per heavy atom. The number of ketones is 2. The summed E-state index contributed by atoms with van der Waals surface area (Å²) in [6.07, 6.45) is 6.31. The molecule has 0 amide bonds. The fourth-order valence-electron chi connectivity index (χ4n) is 5.90. The van der Waals surface area contributed by atoms with Crippen LogP contribution in [0, 0.1) is 10.1 Å². The Bertz CT molecular complexity index is 1430. The van der Waals surface area contributed by atoms with E-state index < -0.39 is 0 Å². The third-order valence-corrected chi connectivity index (χ3v) is 7.40. The average Bonchev–Trinajstić information content (AvgIpc) is 3.21. The number of carbonyl (C=O) groups excluding carboxylic acids is 2. The predicted octanol–water partition coefficient (Wildman–Crippen LogP) is 5.30. The van der Waals surface area contributed by atoms with Crippen LogP contribution in [0.5, 0.6) is 0 Å². The second-order valence-electron chi connectivity index (χ2n) is 9.55. The Kier molecular flexibility index (Phi) is 5.13. The maximum absolute atomic E-state index is 13.2. The Morgan fingerprint density at radius 2 is 1.60 bits per heavy atom. The van der Waals surface area contributed by atoms with Crippen LogP contribution >= 0.6 is 0 Å². The van der Waals surface area contributed by atoms with E-state index in [-0.39, 0.29) is 28.1 Å². The van der Waals surface area contributed by atoms with E-state index in [9.17, 15) is 19.7 Å². The molecule has 0 unspecified atom stereocenters. The molecule has 7 heteroatoms. The third-order valence-electron chi connectivity index (χ3n) is 7.40. The monoisotopic (exact) mass is 467 g/mol. The Morgan fingerprint density at radius 1 is 0.914 bits per heavy atom. The summed E-state index contributed by atoms with van der Waals surface area (Å²) >= 11 is 0. The van der Waals surface area contributed by atoms with Gasteiger partial charge in [0.05, 0.1) is 4.92 Å². The molecule has 0 saturated carbocycles. The van der Waals surface area contributed by atoms with Crippen LogP contribution in [0.1, 0.15) is 55.6 Å². The van der Waals surface area contributed by atoms with Crippen molar-refractivity contribution in [3.8, 4) is 0 Å². The van der Waals surface area contributed by atoms with Crippen LogP contribution < -0.4 is 5.32 Å². The van der Waals surface area contributed by atoms with E-state index in [1.54, 1.807) is 12.1 Å². The number of para-hydroxylation sites is 1. The zero-order chi connectivity index (χ0) is 24.1. The second kappa shape index (κ2) is 8.34. The highest BCUT2D eigenvalue weighted by Crippen LogP contribution is 2.47. The molecular formula is C28H25N3O4. The Hall–Kier alpha value is -4.00. The van der Waals surface area contributed by atoms with E-state index in [4.69, 9.17) is 0 Å². The smallest absolute Gasteiger partial charge is 0.269 e. The lowest BCUT2D eigenvalue weighted by molar-refractivity contribution is -0.384. The number of dihydropyridines is 1. The lowest BCUT2D eigenvalue weighted by Gasteiger charge is -2.37. The fraction of sp³-hybridized carbons (Fsp3) is 0.286. The van der Waals surface area contributed by atoms with Gasteiger partial charge in [0.1, 0.15) is 0 Å². The number of benzene rings is 2. The van der Waals surface area contributed by atoms with Crippen molar-refractivity contribution in [2.75, 3.05) is 0 Å². The van der Waals surface area contributed by atoms with E-state index in [2.05, 4.69) is 9.88 Å². The van der Waals surface area contributed by atoms with Gasteiger partial charge in [0.2, 0.25) is 0 Å². The maximum Gasteiger partial charge on any atom is 0.269 e. The molecule has 3 aromatic rings. The first kappa shape index (κ1) is 21.5. The molecule has 1 N–H and O–H groups in total. The fourth-order valence-corrected chi connectivity index (χ4v) is 5.90. The largest absolute Gasteiger partial charge is 0.362 e. The molecule has 1 aliphatic heterocycles. The normalized spacial score (nSPS) is 18.5. The quantitative estimate of drug-likeness (QED) is 0.415. The van der Waals surface area contributed by atoms with E-state index in [0.29, 0.717) is 19.4 Å². The molecule has 7 nitrogen and oxygen atoms in total. The Balaban J connectivity index is 1.53. The minimum absolute atomic E-state index is 0.0581. The lowest BCUT2D eigenvalue weighted by Crippen LogP contribution is -2.36. The van der Waals surface area contributed by atoms with Gasteiger partial charge < -0.3 is 9.88 Å². The van der Waals surface area contributed by atoms with Crippen molar-refractivity contribution in [2.45, 2.75) is 51.0 Å². The minimum Gasteiger partial charge on any atom is -0.362 e. The molecule has 3 aliphatic rings. The number of carbonyl (C=O) groups is 2. The van der Waals surface area contributed by atoms with Gasteiger partial charge in [0.15, 0.2) is 11.6 Å². The van der Waals surface area contributed by atoms with Crippen LogP contribution in [0.3, 0.4) is 0 Å². The molecule has 0 saturated heterocycles. The summed E-state index contributed by atoms with van der Waals surface area (Å²) in [5.41, 5.74) is 6.22. The molecule has 2 aliphatic carbocycles. The molecule has 1 aromatic heterocycles. The molecule has 0 atom stereocenters. The maximum atomic E-state index is 13.2. The van der Waals surface area contributed by atoms with Crippen LogP contribution in [0.25, 0.3) is 10.9 Å². The van der Waals surface area contributed by atoms with Gasteiger partial charge in [-0.25, -0.2) is 0 Å². The molecule has 0 radical (unpaired) electrons. The molecule has 2 aromatic carbocycles. The van der Waals surface area contributed by atoms with Crippen molar-refractivity contribution in [3.05, 3.63) is 98.5 Å². The SMILES string of the molecule is O=C1CCCC2=C1C(c1cn(Cc3cccc([N+](=O)[O-])c3)c3ccccc13)C1=C(CCCC1=O)N2. The zero-order valence-corrected chi connectivity index (χ0v) is 19.3. The average molecular weight is 468 g/mol. The van der Waals surface area contributed by atoms with Crippen molar-refractivity contribution in [1.82, 2.24) is 9.88 Å². The molecule has 176 valence electrons. The second-order valence-corrected chi connectivity index (χ2v) is 9.55. The number of non-ortho nitro benzene ring substituents is 1. The van der Waals surface area contributed by atoms with E-state index >= 15 is 0 Å². The van der Waals surface area contributed by atoms with E-state index in [0.717, 1.165) is 70.3 Å². The van der Waals surface area contributed by atoms with Gasteiger partial charge in [-0.1, -0.05) is 30.3 Å². The number of nitrogens with one attached hydrogen (secondary N) is 1. The third kappa shape index (κ3) is 3.58. The number of rotatable bonds is 4. The van der Waals surface area contributed by atoms with Gasteiger partial charge >= 0.3 is 0 Å². The van der Waals surface area contributed by atoms with Crippen LogP contribution in [0.2, 0.25) is 0 Å². The van der Waals surface area contributed by atoms with Crippen molar-refractivity contribution < 1.29 is 14.5 Å². The summed E-state index contributed by atoms with van der Waals surface area (Å²) in [5, 5.41) is 15.8. The molecule has 0 bridgehead atoms. The number of nitro benzene ring substituents is 1. The first-order valence-corrected chi connectivity index (χ1v) is 12.1. The minimum atomic E-state index is -0.386. The summed E-state index contributed by atoms with van der Waals surface area (Å²) in [5.74, 6) is -0.147. The van der Waals surface area contributed by atoms with Gasteiger partial charge in [0, 0.05) is 77.1 Å². The highest BCUT2D eigenvalue weighted by atomic mass is 16.6. The first-order chi connectivity index (χ1) is 17.0. The zero-order valence-electron chi connectivity index (χ0n) is 19.3. The molecule has 0 fully saturated rings. The van der Waals surface area contributed by atoms with Crippen LogP contribution in [0.15, 0.2) is 77.3 Å². The summed E-state index contributed by atoms with van der Waals surface area (Å²) < 4.78 is 2.08. The lowest BCUT2D eigenvalue weighted by atomic mass is 9.71. The van der Waals surface area contributed by atoms with Crippen LogP contribution in [-0.2, 0) is 16.1 Å². The van der Waals surface area contributed by atoms with Crippen molar-refractivity contribution in [1.29, 1.82) is 0 Å². The summed E-state index contributed by atoms with van der Waals surface area (Å²) in [7, 11) is 0. The standard InChI is InChI=1S/C28H25N3O4/c32-24-12-4-9-21-27(24)26(28-22(29-21)10-5-13-25(28)33)20-16-30(23-11-2-1-8-19(20)23)15-17-6-3-7-18(14-17)31(34)35/h1-3,6-8,11,14,16,26,29H,4-5,9-10,12-13,15H2. The molecule has 2 heterocycles. The molecule has 0 spiro atoms. The highest BCUT2D eigenvalue weighted by molar-refractivity contribution is 6.07. The van der Waals surface area contributed by atoms with Gasteiger partial charge in [-0.3, -0.25) is 19.7 Å².